The summed E-state index contributed by atoms with van der Waals surface area (Å²) >= 11 is 0. The summed E-state index contributed by atoms with van der Waals surface area (Å²) in [6.07, 6.45) is 2.48. The second-order valence-electron chi connectivity index (χ2n) is 5.77. The van der Waals surface area contributed by atoms with Gasteiger partial charge in [-0.05, 0) is 37.8 Å². The van der Waals surface area contributed by atoms with Gasteiger partial charge in [0.25, 0.3) is 0 Å². The number of benzene rings is 1. The third kappa shape index (κ3) is 3.30. The summed E-state index contributed by atoms with van der Waals surface area (Å²) in [7, 11) is 1.64. The zero-order valence-electron chi connectivity index (χ0n) is 13.0. The predicted octanol–water partition coefficient (Wildman–Crippen LogP) is 2.49. The minimum absolute atomic E-state index is 0.0254. The lowest BCUT2D eigenvalue weighted by atomic mass is 10.1. The van der Waals surface area contributed by atoms with E-state index >= 15 is 0 Å². The van der Waals surface area contributed by atoms with Gasteiger partial charge in [0.15, 0.2) is 0 Å². The normalized spacial score (nSPS) is 13.9. The van der Waals surface area contributed by atoms with Crippen molar-refractivity contribution in [2.24, 2.45) is 5.92 Å². The van der Waals surface area contributed by atoms with Gasteiger partial charge < -0.3 is 15.4 Å². The van der Waals surface area contributed by atoms with Crippen LogP contribution >= 0.6 is 0 Å². The zero-order valence-corrected chi connectivity index (χ0v) is 13.0. The maximum absolute atomic E-state index is 11.9. The van der Waals surface area contributed by atoms with Crippen LogP contribution in [-0.4, -0.2) is 31.1 Å². The van der Waals surface area contributed by atoms with Gasteiger partial charge in [-0.1, -0.05) is 12.1 Å². The Morgan fingerprint density at radius 1 is 1.41 bits per heavy atom. The molecule has 116 valence electrons. The molecular formula is C17H21N3O2. The summed E-state index contributed by atoms with van der Waals surface area (Å²) < 4.78 is 5.37. The van der Waals surface area contributed by atoms with Crippen LogP contribution in [0.15, 0.2) is 24.3 Å². The third-order valence-corrected chi connectivity index (χ3v) is 3.87. The lowest BCUT2D eigenvalue weighted by molar-refractivity contribution is -0.119. The number of ether oxygens (including phenoxy) is 1. The highest BCUT2D eigenvalue weighted by molar-refractivity contribution is 5.96. The molecule has 1 aliphatic carbocycles. The van der Waals surface area contributed by atoms with Crippen molar-refractivity contribution < 1.29 is 9.53 Å². The molecule has 22 heavy (non-hydrogen) atoms. The fourth-order valence-electron chi connectivity index (χ4n) is 2.48. The Balaban J connectivity index is 1.76. The summed E-state index contributed by atoms with van der Waals surface area (Å²) in [4.78, 5) is 16.4. The van der Waals surface area contributed by atoms with Crippen molar-refractivity contribution >= 4 is 22.5 Å². The number of hydrogen-bond acceptors (Lipinski definition) is 4. The van der Waals surface area contributed by atoms with Gasteiger partial charge in [0.2, 0.25) is 5.91 Å². The van der Waals surface area contributed by atoms with Crippen molar-refractivity contribution in [3.8, 4) is 5.75 Å². The van der Waals surface area contributed by atoms with Crippen molar-refractivity contribution in [1.82, 2.24) is 10.3 Å². The van der Waals surface area contributed by atoms with Crippen LogP contribution in [0.5, 0.6) is 5.75 Å². The molecule has 0 bridgehead atoms. The van der Waals surface area contributed by atoms with Gasteiger partial charge in [-0.2, -0.15) is 0 Å². The molecule has 1 aromatic heterocycles. The molecule has 5 nitrogen and oxygen atoms in total. The quantitative estimate of drug-likeness (QED) is 0.860. The Morgan fingerprint density at radius 3 is 2.95 bits per heavy atom. The number of methoxy groups -OCH3 is 1. The Hall–Kier alpha value is -2.30. The first-order valence-corrected chi connectivity index (χ1v) is 7.62. The molecule has 0 unspecified atom stereocenters. The first-order chi connectivity index (χ1) is 10.7. The van der Waals surface area contributed by atoms with Crippen LogP contribution in [-0.2, 0) is 4.79 Å². The lowest BCUT2D eigenvalue weighted by Crippen LogP contribution is -2.31. The Morgan fingerprint density at radius 2 is 2.23 bits per heavy atom. The molecule has 0 saturated heterocycles. The second kappa shape index (κ2) is 6.22. The number of aromatic nitrogens is 1. The molecule has 1 fully saturated rings. The van der Waals surface area contributed by atoms with Gasteiger partial charge in [0.1, 0.15) is 11.3 Å². The van der Waals surface area contributed by atoms with Crippen molar-refractivity contribution in [3.05, 3.63) is 30.0 Å². The number of fused-ring (bicyclic) bond motifs is 1. The van der Waals surface area contributed by atoms with Crippen LogP contribution < -0.4 is 15.4 Å². The molecule has 1 aliphatic rings. The molecule has 0 atom stereocenters. The van der Waals surface area contributed by atoms with E-state index in [1.54, 1.807) is 7.11 Å². The number of para-hydroxylation sites is 1. The number of rotatable bonds is 6. The largest absolute Gasteiger partial charge is 0.494 e. The Labute approximate surface area is 130 Å². The number of anilines is 1. The van der Waals surface area contributed by atoms with Crippen molar-refractivity contribution in [2.45, 2.75) is 19.8 Å². The van der Waals surface area contributed by atoms with E-state index in [0.717, 1.165) is 34.6 Å². The van der Waals surface area contributed by atoms with Crippen LogP contribution in [0.2, 0.25) is 0 Å². The summed E-state index contributed by atoms with van der Waals surface area (Å²) in [5.41, 5.74) is 2.60. The van der Waals surface area contributed by atoms with Crippen LogP contribution in [0, 0.1) is 12.8 Å². The Kier molecular flexibility index (Phi) is 4.13. The van der Waals surface area contributed by atoms with Crippen molar-refractivity contribution in [1.29, 1.82) is 0 Å². The van der Waals surface area contributed by atoms with Gasteiger partial charge >= 0.3 is 0 Å². The van der Waals surface area contributed by atoms with Crippen LogP contribution in [0.3, 0.4) is 0 Å². The maximum Gasteiger partial charge on any atom is 0.239 e. The van der Waals surface area contributed by atoms with Gasteiger partial charge in [-0.15, -0.1) is 0 Å². The number of pyridine rings is 1. The highest BCUT2D eigenvalue weighted by atomic mass is 16.5. The van der Waals surface area contributed by atoms with Gasteiger partial charge in [0, 0.05) is 23.3 Å². The molecule has 5 heteroatoms. The lowest BCUT2D eigenvalue weighted by Gasteiger charge is -2.12. The summed E-state index contributed by atoms with van der Waals surface area (Å²) in [5, 5.41) is 7.13. The average Bonchev–Trinajstić information content (AvgIpc) is 3.34. The summed E-state index contributed by atoms with van der Waals surface area (Å²) in [5.74, 6) is 1.46. The molecule has 1 amide bonds. The van der Waals surface area contributed by atoms with Crippen LogP contribution in [0.25, 0.3) is 10.9 Å². The van der Waals surface area contributed by atoms with E-state index < -0.39 is 0 Å². The van der Waals surface area contributed by atoms with Gasteiger partial charge in [-0.25, -0.2) is 4.98 Å². The number of carbonyl (C=O) groups excluding carboxylic acids is 1. The number of amides is 1. The summed E-state index contributed by atoms with van der Waals surface area (Å²) in [6.45, 7) is 3.00. The molecule has 1 aromatic carbocycles. The number of aryl methyl sites for hydroxylation is 1. The summed E-state index contributed by atoms with van der Waals surface area (Å²) in [6, 6.07) is 7.75. The van der Waals surface area contributed by atoms with E-state index in [9.17, 15) is 4.79 Å². The van der Waals surface area contributed by atoms with Gasteiger partial charge in [-0.3, -0.25) is 4.79 Å². The monoisotopic (exact) mass is 299 g/mol. The smallest absolute Gasteiger partial charge is 0.239 e. The molecule has 1 saturated carbocycles. The topological polar surface area (TPSA) is 63.2 Å². The highest BCUT2D eigenvalue weighted by Gasteiger charge is 2.21. The number of nitrogens with one attached hydrogen (secondary N) is 2. The number of carbonyl (C=O) groups is 1. The number of nitrogens with zero attached hydrogens (tertiary/aromatic N) is 1. The molecule has 2 N–H and O–H groups in total. The first-order valence-electron chi connectivity index (χ1n) is 7.62. The average molecular weight is 299 g/mol. The van der Waals surface area contributed by atoms with E-state index in [2.05, 4.69) is 15.6 Å². The zero-order chi connectivity index (χ0) is 15.5. The van der Waals surface area contributed by atoms with Gasteiger partial charge in [0.05, 0.1) is 13.7 Å². The Bertz CT molecular complexity index is 696. The fraction of sp³-hybridized carbons (Fsp3) is 0.412. The third-order valence-electron chi connectivity index (χ3n) is 3.87. The van der Waals surface area contributed by atoms with Crippen LogP contribution in [0.4, 0.5) is 5.69 Å². The molecule has 2 aromatic rings. The first kappa shape index (κ1) is 14.6. The molecule has 1 heterocycles. The van der Waals surface area contributed by atoms with E-state index in [-0.39, 0.29) is 12.5 Å². The maximum atomic E-state index is 11.9. The van der Waals surface area contributed by atoms with Crippen LogP contribution in [0.1, 0.15) is 18.5 Å². The SMILES string of the molecule is COc1cccc2c(NCC(=O)NCC3CC3)cc(C)nc12. The highest BCUT2D eigenvalue weighted by Crippen LogP contribution is 2.30. The van der Waals surface area contributed by atoms with E-state index in [4.69, 9.17) is 4.74 Å². The van der Waals surface area contributed by atoms with Crippen molar-refractivity contribution in [2.75, 3.05) is 25.5 Å². The molecular weight excluding hydrogens is 278 g/mol. The van der Waals surface area contributed by atoms with E-state index in [1.165, 1.54) is 12.8 Å². The molecule has 0 radical (unpaired) electrons. The van der Waals surface area contributed by atoms with E-state index in [0.29, 0.717) is 5.92 Å². The minimum atomic E-state index is 0.0254. The standard InChI is InChI=1S/C17H21N3O2/c1-11-8-14(18-10-16(21)19-9-12-6-7-12)13-4-3-5-15(22-2)17(13)20-11/h3-5,8,12H,6-7,9-10H2,1-2H3,(H,18,20)(H,19,21). The fourth-order valence-corrected chi connectivity index (χ4v) is 2.48. The minimum Gasteiger partial charge on any atom is -0.494 e. The van der Waals surface area contributed by atoms with E-state index in [1.807, 2.05) is 31.2 Å². The molecule has 3 rings (SSSR count). The second-order valence-corrected chi connectivity index (χ2v) is 5.77. The predicted molar refractivity (Wildman–Crippen MR) is 87.3 cm³/mol. The van der Waals surface area contributed by atoms with Crippen molar-refractivity contribution in [3.63, 3.8) is 0 Å². The number of hydrogen-bond donors (Lipinski definition) is 2. The molecule has 0 aliphatic heterocycles. The molecule has 0 spiro atoms.